The van der Waals surface area contributed by atoms with Crippen molar-refractivity contribution in [2.45, 2.75) is 13.3 Å². The van der Waals surface area contributed by atoms with Gasteiger partial charge in [0.25, 0.3) is 0 Å². The predicted octanol–water partition coefficient (Wildman–Crippen LogP) is 3.60. The largest absolute Gasteiger partial charge is 0.495 e. The van der Waals surface area contributed by atoms with Gasteiger partial charge in [0.15, 0.2) is 0 Å². The summed E-state index contributed by atoms with van der Waals surface area (Å²) in [5.41, 5.74) is 2.03. The molecular formula is C17H17BrN2O3. The van der Waals surface area contributed by atoms with Crippen molar-refractivity contribution in [3.63, 3.8) is 0 Å². The fraction of sp³-hybridized carbons (Fsp3) is 0.176. The Morgan fingerprint density at radius 3 is 2.39 bits per heavy atom. The number of benzene rings is 2. The summed E-state index contributed by atoms with van der Waals surface area (Å²) in [7, 11) is 1.52. The minimum atomic E-state index is -0.207. The van der Waals surface area contributed by atoms with Crippen LogP contribution in [0, 0.1) is 0 Å². The van der Waals surface area contributed by atoms with Gasteiger partial charge < -0.3 is 15.4 Å². The highest BCUT2D eigenvalue weighted by molar-refractivity contribution is 9.10. The van der Waals surface area contributed by atoms with E-state index in [1.54, 1.807) is 18.2 Å². The molecule has 0 unspecified atom stereocenters. The average Bonchev–Trinajstić information content (AvgIpc) is 2.49. The van der Waals surface area contributed by atoms with Crippen molar-refractivity contribution >= 4 is 39.1 Å². The number of amides is 2. The molecule has 6 heteroatoms. The molecule has 2 aromatic carbocycles. The van der Waals surface area contributed by atoms with Crippen molar-refractivity contribution < 1.29 is 14.3 Å². The highest BCUT2D eigenvalue weighted by Crippen LogP contribution is 2.27. The smallest absolute Gasteiger partial charge is 0.228 e. The second-order valence-electron chi connectivity index (χ2n) is 4.95. The Labute approximate surface area is 143 Å². The molecule has 120 valence electrons. The third kappa shape index (κ3) is 5.10. The Hall–Kier alpha value is -2.34. The van der Waals surface area contributed by atoms with Crippen molar-refractivity contribution in [1.82, 2.24) is 0 Å². The lowest BCUT2D eigenvalue weighted by molar-refractivity contribution is -0.115. The molecule has 0 saturated carbocycles. The van der Waals surface area contributed by atoms with Crippen LogP contribution in [0.4, 0.5) is 11.4 Å². The zero-order valence-corrected chi connectivity index (χ0v) is 14.4. The summed E-state index contributed by atoms with van der Waals surface area (Å²) in [4.78, 5) is 23.3. The lowest BCUT2D eigenvalue weighted by Crippen LogP contribution is -2.15. The van der Waals surface area contributed by atoms with Crippen LogP contribution >= 0.6 is 15.9 Å². The predicted molar refractivity (Wildman–Crippen MR) is 93.8 cm³/mol. The lowest BCUT2D eigenvalue weighted by atomic mass is 10.1. The average molecular weight is 377 g/mol. The molecular weight excluding hydrogens is 360 g/mol. The fourth-order valence-corrected chi connectivity index (χ4v) is 2.33. The maximum atomic E-state index is 12.1. The van der Waals surface area contributed by atoms with Crippen molar-refractivity contribution in [3.8, 4) is 5.75 Å². The van der Waals surface area contributed by atoms with Gasteiger partial charge >= 0.3 is 0 Å². The van der Waals surface area contributed by atoms with E-state index in [2.05, 4.69) is 26.6 Å². The number of carbonyl (C=O) groups is 2. The van der Waals surface area contributed by atoms with E-state index in [-0.39, 0.29) is 18.2 Å². The van der Waals surface area contributed by atoms with Gasteiger partial charge in [-0.3, -0.25) is 9.59 Å². The van der Waals surface area contributed by atoms with E-state index in [0.717, 1.165) is 10.0 Å². The summed E-state index contributed by atoms with van der Waals surface area (Å²) < 4.78 is 6.15. The molecule has 2 N–H and O–H groups in total. The minimum Gasteiger partial charge on any atom is -0.495 e. The number of hydrogen-bond donors (Lipinski definition) is 2. The molecule has 0 aliphatic heterocycles. The van der Waals surface area contributed by atoms with Gasteiger partial charge in [-0.15, -0.1) is 0 Å². The molecule has 0 heterocycles. The number of anilines is 2. The molecule has 0 bridgehead atoms. The van der Waals surface area contributed by atoms with Crippen molar-refractivity contribution in [2.24, 2.45) is 0 Å². The van der Waals surface area contributed by atoms with Gasteiger partial charge in [0, 0.05) is 17.1 Å². The summed E-state index contributed by atoms with van der Waals surface area (Å²) in [6, 6.07) is 12.7. The van der Waals surface area contributed by atoms with Crippen molar-refractivity contribution in [2.75, 3.05) is 17.7 Å². The Kier molecular flexibility index (Phi) is 5.76. The van der Waals surface area contributed by atoms with Crippen LogP contribution in [-0.4, -0.2) is 18.9 Å². The van der Waals surface area contributed by atoms with Crippen LogP contribution < -0.4 is 15.4 Å². The molecule has 0 spiro atoms. The fourth-order valence-electron chi connectivity index (χ4n) is 2.07. The van der Waals surface area contributed by atoms with E-state index in [0.29, 0.717) is 17.1 Å². The Morgan fingerprint density at radius 1 is 1.09 bits per heavy atom. The van der Waals surface area contributed by atoms with E-state index in [9.17, 15) is 9.59 Å². The van der Waals surface area contributed by atoms with Gasteiger partial charge in [-0.1, -0.05) is 28.1 Å². The topological polar surface area (TPSA) is 67.4 Å². The summed E-state index contributed by atoms with van der Waals surface area (Å²) >= 11 is 3.36. The maximum absolute atomic E-state index is 12.1. The zero-order valence-electron chi connectivity index (χ0n) is 12.9. The molecule has 2 aromatic rings. The Balaban J connectivity index is 2.08. The molecule has 2 rings (SSSR count). The summed E-state index contributed by atoms with van der Waals surface area (Å²) in [6.45, 7) is 1.41. The van der Waals surface area contributed by atoms with Gasteiger partial charge in [-0.05, 0) is 35.9 Å². The van der Waals surface area contributed by atoms with Crippen LogP contribution in [0.15, 0.2) is 46.9 Å². The van der Waals surface area contributed by atoms with Gasteiger partial charge in [0.2, 0.25) is 11.8 Å². The first-order valence-electron chi connectivity index (χ1n) is 6.98. The van der Waals surface area contributed by atoms with E-state index >= 15 is 0 Å². The third-order valence-corrected chi connectivity index (χ3v) is 3.60. The highest BCUT2D eigenvalue weighted by atomic mass is 79.9. The second kappa shape index (κ2) is 7.78. The maximum Gasteiger partial charge on any atom is 0.228 e. The number of halogens is 1. The number of methoxy groups -OCH3 is 1. The van der Waals surface area contributed by atoms with E-state index in [1.807, 2.05) is 24.3 Å². The highest BCUT2D eigenvalue weighted by Gasteiger charge is 2.09. The number of rotatable bonds is 5. The summed E-state index contributed by atoms with van der Waals surface area (Å²) in [5.74, 6) is 0.194. The minimum absolute atomic E-state index is 0.133. The van der Waals surface area contributed by atoms with Crippen LogP contribution in [0.2, 0.25) is 0 Å². The quantitative estimate of drug-likeness (QED) is 0.837. The standard InChI is InChI=1S/C17H17BrN2O3/c1-11(21)19-15-10-14(7-8-16(15)23-2)20-17(22)9-12-3-5-13(18)6-4-12/h3-8,10H,9H2,1-2H3,(H,19,21)(H,20,22). The lowest BCUT2D eigenvalue weighted by Gasteiger charge is -2.12. The van der Waals surface area contributed by atoms with Gasteiger partial charge in [0.05, 0.1) is 19.2 Å². The van der Waals surface area contributed by atoms with Gasteiger partial charge in [-0.25, -0.2) is 0 Å². The number of nitrogens with one attached hydrogen (secondary N) is 2. The van der Waals surface area contributed by atoms with Crippen LogP contribution in [0.1, 0.15) is 12.5 Å². The SMILES string of the molecule is COc1ccc(NC(=O)Cc2ccc(Br)cc2)cc1NC(C)=O. The molecule has 0 atom stereocenters. The van der Waals surface area contributed by atoms with Crippen LogP contribution in [0.3, 0.4) is 0 Å². The van der Waals surface area contributed by atoms with Gasteiger partial charge in [0.1, 0.15) is 5.75 Å². The monoisotopic (exact) mass is 376 g/mol. The molecule has 0 aliphatic carbocycles. The third-order valence-electron chi connectivity index (χ3n) is 3.07. The molecule has 0 radical (unpaired) electrons. The zero-order chi connectivity index (χ0) is 16.8. The summed E-state index contributed by atoms with van der Waals surface area (Å²) in [6.07, 6.45) is 0.273. The molecule has 23 heavy (non-hydrogen) atoms. The summed E-state index contributed by atoms with van der Waals surface area (Å²) in [5, 5.41) is 5.49. The van der Waals surface area contributed by atoms with Crippen LogP contribution in [0.25, 0.3) is 0 Å². The normalized spacial score (nSPS) is 10.0. The van der Waals surface area contributed by atoms with Crippen molar-refractivity contribution in [1.29, 1.82) is 0 Å². The molecule has 0 aliphatic rings. The van der Waals surface area contributed by atoms with E-state index < -0.39 is 0 Å². The van der Waals surface area contributed by atoms with Crippen molar-refractivity contribution in [3.05, 3.63) is 52.5 Å². The molecule has 0 fully saturated rings. The first-order valence-corrected chi connectivity index (χ1v) is 7.77. The Morgan fingerprint density at radius 2 is 1.78 bits per heavy atom. The molecule has 0 saturated heterocycles. The number of carbonyl (C=O) groups excluding carboxylic acids is 2. The van der Waals surface area contributed by atoms with Gasteiger partial charge in [-0.2, -0.15) is 0 Å². The first-order chi connectivity index (χ1) is 11.0. The molecule has 5 nitrogen and oxygen atoms in total. The van der Waals surface area contributed by atoms with Crippen LogP contribution in [0.5, 0.6) is 5.75 Å². The second-order valence-corrected chi connectivity index (χ2v) is 5.86. The molecule has 0 aromatic heterocycles. The number of hydrogen-bond acceptors (Lipinski definition) is 3. The van der Waals surface area contributed by atoms with E-state index in [1.165, 1.54) is 14.0 Å². The molecule has 2 amide bonds. The van der Waals surface area contributed by atoms with E-state index in [4.69, 9.17) is 4.74 Å². The van der Waals surface area contributed by atoms with Crippen LogP contribution in [-0.2, 0) is 16.0 Å². The number of ether oxygens (including phenoxy) is 1. The first kappa shape index (κ1) is 17.0. The Bertz CT molecular complexity index is 714.